The van der Waals surface area contributed by atoms with Crippen molar-refractivity contribution in [2.45, 2.75) is 13.8 Å². The van der Waals surface area contributed by atoms with Crippen LogP contribution < -0.4 is 15.8 Å². The fourth-order valence-corrected chi connectivity index (χ4v) is 2.62. The summed E-state index contributed by atoms with van der Waals surface area (Å²) < 4.78 is 18.8. The number of hydrogen-bond donors (Lipinski definition) is 2. The molecule has 0 saturated carbocycles. The Kier molecular flexibility index (Phi) is 7.42. The number of amides is 1. The van der Waals surface area contributed by atoms with Crippen LogP contribution in [-0.2, 0) is 4.79 Å². The molecular formula is C22H23FN4O2. The molecular weight excluding hydrogens is 371 g/mol. The van der Waals surface area contributed by atoms with Crippen LogP contribution >= 0.6 is 0 Å². The van der Waals surface area contributed by atoms with Crippen molar-refractivity contribution in [2.75, 3.05) is 12.4 Å². The lowest BCUT2D eigenvalue weighted by Crippen LogP contribution is -2.17. The minimum absolute atomic E-state index is 0.00623. The number of hydrogen-bond acceptors (Lipinski definition) is 5. The third-order valence-corrected chi connectivity index (χ3v) is 4.21. The van der Waals surface area contributed by atoms with Crippen molar-refractivity contribution < 1.29 is 13.9 Å². The van der Waals surface area contributed by atoms with Crippen molar-refractivity contribution in [3.05, 3.63) is 89.7 Å². The van der Waals surface area contributed by atoms with Crippen LogP contribution in [0.3, 0.4) is 0 Å². The Balaban J connectivity index is 2.20. The predicted octanol–water partition coefficient (Wildman–Crippen LogP) is 4.15. The van der Waals surface area contributed by atoms with Gasteiger partial charge in [0.15, 0.2) is 0 Å². The van der Waals surface area contributed by atoms with Crippen molar-refractivity contribution in [1.82, 2.24) is 9.97 Å². The molecule has 2 aromatic rings. The average Bonchev–Trinajstić information content (AvgIpc) is 2.75. The topological polar surface area (TPSA) is 90.1 Å². The van der Waals surface area contributed by atoms with Gasteiger partial charge in [0.1, 0.15) is 11.6 Å². The van der Waals surface area contributed by atoms with Gasteiger partial charge in [-0.2, -0.15) is 0 Å². The maximum absolute atomic E-state index is 13.7. The monoisotopic (exact) mass is 394 g/mol. The highest BCUT2D eigenvalue weighted by Gasteiger charge is 2.15. The second-order valence-electron chi connectivity index (χ2n) is 5.94. The summed E-state index contributed by atoms with van der Waals surface area (Å²) in [6.07, 6.45) is 7.36. The van der Waals surface area contributed by atoms with E-state index in [1.165, 1.54) is 6.92 Å². The highest BCUT2D eigenvalue weighted by Crippen LogP contribution is 2.24. The van der Waals surface area contributed by atoms with Gasteiger partial charge in [-0.1, -0.05) is 12.7 Å². The number of halogens is 1. The predicted molar refractivity (Wildman–Crippen MR) is 113 cm³/mol. The van der Waals surface area contributed by atoms with Crippen molar-refractivity contribution in [3.63, 3.8) is 0 Å². The Bertz CT molecular complexity index is 975. The first-order chi connectivity index (χ1) is 13.9. The number of allylic oxidation sites excluding steroid dienone is 3. The number of carbonyl (C=O) groups excluding carboxylic acids is 1. The minimum Gasteiger partial charge on any atom is -0.481 e. The molecule has 0 radical (unpaired) electrons. The van der Waals surface area contributed by atoms with E-state index in [0.29, 0.717) is 11.7 Å². The molecule has 7 heteroatoms. The van der Waals surface area contributed by atoms with E-state index < -0.39 is 11.7 Å². The van der Waals surface area contributed by atoms with E-state index in [1.807, 2.05) is 25.1 Å². The van der Waals surface area contributed by atoms with Crippen molar-refractivity contribution in [2.24, 2.45) is 5.73 Å². The maximum Gasteiger partial charge on any atom is 0.258 e. The second-order valence-corrected chi connectivity index (χ2v) is 5.94. The molecule has 0 unspecified atom stereocenters. The molecule has 0 bridgehead atoms. The van der Waals surface area contributed by atoms with E-state index >= 15 is 0 Å². The normalized spacial score (nSPS) is 12.8. The van der Waals surface area contributed by atoms with Crippen LogP contribution in [0.15, 0.2) is 78.6 Å². The van der Waals surface area contributed by atoms with Crippen LogP contribution in [0.2, 0.25) is 0 Å². The van der Waals surface area contributed by atoms with E-state index in [4.69, 9.17) is 10.5 Å². The molecule has 0 aliphatic carbocycles. The SMILES string of the molecule is C=C/C(F)=C(C)\C(=C/N)C(=O)Nc1ccc(/C(=C\C)c2ccc(OC)nc2)cn1. The number of methoxy groups -OCH3 is 1. The Labute approximate surface area is 169 Å². The van der Waals surface area contributed by atoms with Crippen LogP contribution in [-0.4, -0.2) is 23.0 Å². The molecule has 0 saturated heterocycles. The molecule has 150 valence electrons. The number of pyridine rings is 2. The number of carbonyl (C=O) groups is 1. The van der Waals surface area contributed by atoms with E-state index in [-0.39, 0.29) is 11.1 Å². The van der Waals surface area contributed by atoms with Gasteiger partial charge in [0, 0.05) is 35.8 Å². The van der Waals surface area contributed by atoms with Gasteiger partial charge in [-0.3, -0.25) is 4.79 Å². The van der Waals surface area contributed by atoms with E-state index in [0.717, 1.165) is 29.0 Å². The molecule has 0 aliphatic heterocycles. The van der Waals surface area contributed by atoms with Gasteiger partial charge in [0.2, 0.25) is 5.88 Å². The molecule has 0 aliphatic rings. The Morgan fingerprint density at radius 2 is 1.86 bits per heavy atom. The molecule has 29 heavy (non-hydrogen) atoms. The average molecular weight is 394 g/mol. The van der Waals surface area contributed by atoms with Crippen molar-refractivity contribution in [3.8, 4) is 5.88 Å². The molecule has 3 N–H and O–H groups in total. The summed E-state index contributed by atoms with van der Waals surface area (Å²) in [4.78, 5) is 20.9. The van der Waals surface area contributed by atoms with Crippen molar-refractivity contribution in [1.29, 1.82) is 0 Å². The van der Waals surface area contributed by atoms with Gasteiger partial charge in [-0.15, -0.1) is 0 Å². The summed E-state index contributed by atoms with van der Waals surface area (Å²) in [6, 6.07) is 7.16. The fourth-order valence-electron chi connectivity index (χ4n) is 2.62. The number of nitrogens with two attached hydrogens (primary N) is 1. The number of nitrogens with one attached hydrogen (secondary N) is 1. The maximum atomic E-state index is 13.7. The highest BCUT2D eigenvalue weighted by molar-refractivity contribution is 6.06. The first-order valence-electron chi connectivity index (χ1n) is 8.80. The lowest BCUT2D eigenvalue weighted by Gasteiger charge is -2.11. The van der Waals surface area contributed by atoms with Crippen LogP contribution in [0, 0.1) is 0 Å². The minimum atomic E-state index is -0.619. The molecule has 2 rings (SSSR count). The van der Waals surface area contributed by atoms with Crippen molar-refractivity contribution >= 4 is 17.3 Å². The second kappa shape index (κ2) is 9.98. The molecule has 2 aromatic heterocycles. The molecule has 0 atom stereocenters. The van der Waals surface area contributed by atoms with Crippen LogP contribution in [0.1, 0.15) is 25.0 Å². The molecule has 0 fully saturated rings. The Hall–Kier alpha value is -3.74. The summed E-state index contributed by atoms with van der Waals surface area (Å²) in [6.45, 7) is 6.71. The summed E-state index contributed by atoms with van der Waals surface area (Å²) in [5.74, 6) is -0.339. The zero-order valence-electron chi connectivity index (χ0n) is 16.6. The number of nitrogens with zero attached hydrogens (tertiary/aromatic N) is 2. The van der Waals surface area contributed by atoms with E-state index in [2.05, 4.69) is 21.9 Å². The molecule has 1 amide bonds. The quantitative estimate of drug-likeness (QED) is 0.544. The largest absolute Gasteiger partial charge is 0.481 e. The molecule has 0 aromatic carbocycles. The third-order valence-electron chi connectivity index (χ3n) is 4.21. The van der Waals surface area contributed by atoms with Gasteiger partial charge < -0.3 is 15.8 Å². The van der Waals surface area contributed by atoms with E-state index in [1.54, 1.807) is 31.6 Å². The van der Waals surface area contributed by atoms with Gasteiger partial charge in [0.25, 0.3) is 5.91 Å². The standard InChI is InChI=1S/C22H23FN4O2/c1-5-17(16-8-10-21(29-4)26-13-16)15-7-9-20(25-12-15)27-22(28)18(11-24)14(3)19(23)6-2/h5-13H,2,24H2,1,3-4H3,(H,25,27,28)/b17-5+,18-11+,19-14+. The van der Waals surface area contributed by atoms with Gasteiger partial charge in [0.05, 0.1) is 12.7 Å². The molecule has 0 spiro atoms. The van der Waals surface area contributed by atoms with Crippen LogP contribution in [0.25, 0.3) is 5.57 Å². The third kappa shape index (κ3) is 5.16. The molecule has 6 nitrogen and oxygen atoms in total. The van der Waals surface area contributed by atoms with Crippen LogP contribution in [0.4, 0.5) is 10.2 Å². The fraction of sp³-hybridized carbons (Fsp3) is 0.136. The van der Waals surface area contributed by atoms with Gasteiger partial charge in [-0.25, -0.2) is 14.4 Å². The zero-order valence-corrected chi connectivity index (χ0v) is 16.6. The zero-order chi connectivity index (χ0) is 21.4. The highest BCUT2D eigenvalue weighted by atomic mass is 19.1. The summed E-state index contributed by atoms with van der Waals surface area (Å²) in [5, 5.41) is 2.61. The summed E-state index contributed by atoms with van der Waals surface area (Å²) in [5.41, 5.74) is 8.27. The number of aromatic nitrogens is 2. The Morgan fingerprint density at radius 3 is 2.31 bits per heavy atom. The number of rotatable bonds is 7. The lowest BCUT2D eigenvalue weighted by molar-refractivity contribution is -0.112. The van der Waals surface area contributed by atoms with Crippen LogP contribution in [0.5, 0.6) is 5.88 Å². The summed E-state index contributed by atoms with van der Waals surface area (Å²) >= 11 is 0. The van der Waals surface area contributed by atoms with Gasteiger partial charge in [-0.05, 0) is 49.3 Å². The van der Waals surface area contributed by atoms with Gasteiger partial charge >= 0.3 is 0 Å². The first kappa shape index (κ1) is 21.6. The smallest absolute Gasteiger partial charge is 0.258 e. The number of ether oxygens (including phenoxy) is 1. The van der Waals surface area contributed by atoms with E-state index in [9.17, 15) is 9.18 Å². The Morgan fingerprint density at radius 1 is 1.21 bits per heavy atom. The number of anilines is 1. The summed E-state index contributed by atoms with van der Waals surface area (Å²) in [7, 11) is 1.56. The lowest BCUT2D eigenvalue weighted by atomic mass is 10.0. The molecule has 2 heterocycles. The first-order valence-corrected chi connectivity index (χ1v) is 8.80.